The number of hydrogen-bond donors (Lipinski definition) is 2. The molecule has 0 aliphatic rings. The van der Waals surface area contributed by atoms with Crippen LogP contribution in [0.5, 0.6) is 0 Å². The average molecular weight is 337 g/mol. The van der Waals surface area contributed by atoms with Crippen LogP contribution in [0.25, 0.3) is 0 Å². The number of hydrogen-bond acceptors (Lipinski definition) is 3. The van der Waals surface area contributed by atoms with E-state index in [9.17, 15) is 13.5 Å². The molecule has 0 aliphatic heterocycles. The molecule has 0 saturated heterocycles. The Hall–Kier alpha value is -1.43. The second-order valence-corrected chi connectivity index (χ2v) is 8.33. The lowest BCUT2D eigenvalue weighted by Gasteiger charge is -2.32. The largest absolute Gasteiger partial charge is 0.396 e. The van der Waals surface area contributed by atoms with Crippen LogP contribution in [0.3, 0.4) is 0 Å². The molecule has 23 heavy (non-hydrogen) atoms. The van der Waals surface area contributed by atoms with Gasteiger partial charge in [0, 0.05) is 12.0 Å². The summed E-state index contributed by atoms with van der Waals surface area (Å²) in [5.74, 6) is 0. The molecule has 0 fully saturated rings. The molecule has 0 aliphatic carbocycles. The van der Waals surface area contributed by atoms with E-state index in [1.165, 1.54) is 0 Å². The molecule has 0 heterocycles. The molecule has 0 amide bonds. The molecule has 2 N–H and O–H groups in total. The van der Waals surface area contributed by atoms with Crippen LogP contribution in [0.2, 0.25) is 0 Å². The number of aryl methyl sites for hydroxylation is 1. The van der Waals surface area contributed by atoms with Crippen molar-refractivity contribution < 1.29 is 13.5 Å². The van der Waals surface area contributed by atoms with E-state index < -0.39 is 15.4 Å². The summed E-state index contributed by atoms with van der Waals surface area (Å²) < 4.78 is 27.5. The van der Waals surface area contributed by atoms with E-state index in [0.29, 0.717) is 12.8 Å². The first-order valence-corrected chi connectivity index (χ1v) is 9.04. The molecule has 4 nitrogen and oxygen atoms in total. The minimum atomic E-state index is -3.61. The summed E-state index contributed by atoms with van der Waals surface area (Å²) in [6, 6.07) is 6.68. The van der Waals surface area contributed by atoms with Gasteiger partial charge in [0.2, 0.25) is 10.0 Å². The Balaban J connectivity index is 2.97. The lowest BCUT2D eigenvalue weighted by Crippen LogP contribution is -2.40. The van der Waals surface area contributed by atoms with E-state index in [4.69, 9.17) is 0 Å². The van der Waals surface area contributed by atoms with Crippen molar-refractivity contribution in [1.82, 2.24) is 4.72 Å². The predicted octanol–water partition coefficient (Wildman–Crippen LogP) is 3.18. The van der Waals surface area contributed by atoms with Crippen LogP contribution in [0.15, 0.2) is 53.5 Å². The zero-order valence-corrected chi connectivity index (χ0v) is 15.0. The number of aliphatic hydroxyl groups is 1. The van der Waals surface area contributed by atoms with Crippen molar-refractivity contribution in [2.45, 2.75) is 38.5 Å². The second kappa shape index (κ2) is 7.90. The van der Waals surface area contributed by atoms with Crippen LogP contribution < -0.4 is 4.72 Å². The molecule has 1 aromatic carbocycles. The third-order valence-corrected chi connectivity index (χ3v) is 5.07. The van der Waals surface area contributed by atoms with Gasteiger partial charge in [-0.3, -0.25) is 0 Å². The fourth-order valence-electron chi connectivity index (χ4n) is 2.68. The molecule has 0 aromatic heterocycles. The first-order valence-electron chi connectivity index (χ1n) is 7.56. The van der Waals surface area contributed by atoms with Gasteiger partial charge in [-0.05, 0) is 45.7 Å². The van der Waals surface area contributed by atoms with Gasteiger partial charge in [-0.25, -0.2) is 13.1 Å². The van der Waals surface area contributed by atoms with Gasteiger partial charge < -0.3 is 5.11 Å². The highest BCUT2D eigenvalue weighted by Crippen LogP contribution is 2.32. The third-order valence-electron chi connectivity index (χ3n) is 3.66. The maximum Gasteiger partial charge on any atom is 0.240 e. The van der Waals surface area contributed by atoms with Crippen molar-refractivity contribution in [3.05, 3.63) is 54.1 Å². The molecule has 1 rings (SSSR count). The van der Waals surface area contributed by atoms with E-state index in [0.717, 1.165) is 16.7 Å². The molecule has 128 valence electrons. The van der Waals surface area contributed by atoms with E-state index >= 15 is 0 Å². The van der Waals surface area contributed by atoms with Gasteiger partial charge in [-0.2, -0.15) is 0 Å². The van der Waals surface area contributed by atoms with Gasteiger partial charge in [0.25, 0.3) is 0 Å². The van der Waals surface area contributed by atoms with Gasteiger partial charge >= 0.3 is 0 Å². The van der Waals surface area contributed by atoms with Crippen LogP contribution in [-0.2, 0) is 10.0 Å². The summed E-state index contributed by atoms with van der Waals surface area (Å²) >= 11 is 0. The predicted molar refractivity (Wildman–Crippen MR) is 94.7 cm³/mol. The monoisotopic (exact) mass is 337 g/mol. The smallest absolute Gasteiger partial charge is 0.240 e. The van der Waals surface area contributed by atoms with Gasteiger partial charge in [0.15, 0.2) is 0 Å². The Morgan fingerprint density at radius 1 is 1.13 bits per heavy atom. The SMILES string of the molecule is C=C(C)CC(CO)(CNS(=O)(=O)c1ccc(C)cc1)CC(=C)C. The zero-order valence-electron chi connectivity index (χ0n) is 14.2. The van der Waals surface area contributed by atoms with Gasteiger partial charge in [-0.15, -0.1) is 13.2 Å². The van der Waals surface area contributed by atoms with E-state index in [1.54, 1.807) is 24.3 Å². The first kappa shape index (κ1) is 19.6. The maximum absolute atomic E-state index is 12.4. The highest BCUT2D eigenvalue weighted by atomic mass is 32.2. The number of benzene rings is 1. The first-order chi connectivity index (χ1) is 10.6. The molecule has 0 radical (unpaired) electrons. The summed E-state index contributed by atoms with van der Waals surface area (Å²) in [7, 11) is -3.61. The van der Waals surface area contributed by atoms with Crippen LogP contribution in [-0.4, -0.2) is 26.7 Å². The molecule has 0 unspecified atom stereocenters. The molecule has 1 aromatic rings. The highest BCUT2D eigenvalue weighted by molar-refractivity contribution is 7.89. The third kappa shape index (κ3) is 5.94. The van der Waals surface area contributed by atoms with Crippen molar-refractivity contribution >= 4 is 10.0 Å². The Labute approximate surface area is 140 Å². The second-order valence-electron chi connectivity index (χ2n) is 6.56. The number of sulfonamides is 1. The molecular weight excluding hydrogens is 310 g/mol. The number of allylic oxidation sites excluding steroid dienone is 2. The fraction of sp³-hybridized carbons (Fsp3) is 0.444. The Bertz CT molecular complexity index is 644. The van der Waals surface area contributed by atoms with Crippen molar-refractivity contribution in [3.63, 3.8) is 0 Å². The topological polar surface area (TPSA) is 66.4 Å². The Morgan fingerprint density at radius 2 is 1.61 bits per heavy atom. The number of nitrogens with one attached hydrogen (secondary N) is 1. The van der Waals surface area contributed by atoms with E-state index in [2.05, 4.69) is 17.9 Å². The lowest BCUT2D eigenvalue weighted by molar-refractivity contribution is 0.127. The van der Waals surface area contributed by atoms with Crippen molar-refractivity contribution in [2.24, 2.45) is 5.41 Å². The summed E-state index contributed by atoms with van der Waals surface area (Å²) in [5.41, 5.74) is 2.18. The molecule has 0 saturated carbocycles. The molecule has 0 spiro atoms. The van der Waals surface area contributed by atoms with E-state index in [1.807, 2.05) is 20.8 Å². The average Bonchev–Trinajstić information content (AvgIpc) is 2.44. The minimum absolute atomic E-state index is 0.136. The Morgan fingerprint density at radius 3 is 2.00 bits per heavy atom. The minimum Gasteiger partial charge on any atom is -0.396 e. The van der Waals surface area contributed by atoms with Crippen molar-refractivity contribution in [3.8, 4) is 0 Å². The summed E-state index contributed by atoms with van der Waals surface area (Å²) in [6.45, 7) is 13.4. The summed E-state index contributed by atoms with van der Waals surface area (Å²) in [4.78, 5) is 0.223. The number of aliphatic hydroxyl groups excluding tert-OH is 1. The van der Waals surface area contributed by atoms with Gasteiger partial charge in [0.05, 0.1) is 11.5 Å². The maximum atomic E-state index is 12.4. The van der Waals surface area contributed by atoms with Crippen LogP contribution in [0.1, 0.15) is 32.3 Å². The lowest BCUT2D eigenvalue weighted by atomic mass is 9.78. The normalized spacial score (nSPS) is 12.2. The number of rotatable bonds is 9. The molecular formula is C18H27NO3S. The fourth-order valence-corrected chi connectivity index (χ4v) is 3.84. The quantitative estimate of drug-likeness (QED) is 0.680. The Kier molecular flexibility index (Phi) is 6.74. The van der Waals surface area contributed by atoms with E-state index in [-0.39, 0.29) is 18.0 Å². The summed E-state index contributed by atoms with van der Waals surface area (Å²) in [5, 5.41) is 9.86. The highest BCUT2D eigenvalue weighted by Gasteiger charge is 2.31. The van der Waals surface area contributed by atoms with Crippen LogP contribution in [0.4, 0.5) is 0 Å². The standard InChI is InChI=1S/C18H27NO3S/c1-14(2)10-18(13-20,11-15(3)4)12-19-23(21,22)17-8-6-16(5)7-9-17/h6-9,19-20H,1,3,10-13H2,2,4-5H3. The summed E-state index contributed by atoms with van der Waals surface area (Å²) in [6.07, 6.45) is 1.07. The van der Waals surface area contributed by atoms with Crippen LogP contribution >= 0.6 is 0 Å². The van der Waals surface area contributed by atoms with Gasteiger partial charge in [0.1, 0.15) is 0 Å². The van der Waals surface area contributed by atoms with Crippen molar-refractivity contribution in [1.29, 1.82) is 0 Å². The molecule has 0 bridgehead atoms. The van der Waals surface area contributed by atoms with Gasteiger partial charge in [-0.1, -0.05) is 28.8 Å². The van der Waals surface area contributed by atoms with Crippen LogP contribution in [0, 0.1) is 12.3 Å². The molecule has 5 heteroatoms. The molecule has 0 atom stereocenters. The zero-order chi connectivity index (χ0) is 17.7. The van der Waals surface area contributed by atoms with Crippen molar-refractivity contribution in [2.75, 3.05) is 13.2 Å².